The van der Waals surface area contributed by atoms with E-state index in [1.165, 1.54) is 32.1 Å². The van der Waals surface area contributed by atoms with Gasteiger partial charge in [0.1, 0.15) is 0 Å². The Bertz CT molecular complexity index is 205. The van der Waals surface area contributed by atoms with Gasteiger partial charge in [-0.25, -0.2) is 0 Å². The number of nitrogens with two attached hydrogens (primary N) is 1. The van der Waals surface area contributed by atoms with Crippen LogP contribution in [0.3, 0.4) is 0 Å². The smallest absolute Gasteiger partial charge is 0.234 e. The van der Waals surface area contributed by atoms with Gasteiger partial charge in [0.2, 0.25) is 5.91 Å². The van der Waals surface area contributed by atoms with E-state index in [1.807, 2.05) is 0 Å². The Morgan fingerprint density at radius 2 is 1.92 bits per heavy atom. The van der Waals surface area contributed by atoms with Crippen molar-refractivity contribution in [1.82, 2.24) is 5.32 Å². The number of piperidine rings is 1. The van der Waals surface area contributed by atoms with Crippen LogP contribution in [0.1, 0.15) is 38.5 Å². The van der Waals surface area contributed by atoms with E-state index in [0.717, 1.165) is 12.3 Å². The predicted octanol–water partition coefficient (Wildman–Crippen LogP) is 0.782. The average Bonchev–Trinajstić information content (AvgIpc) is 2.17. The summed E-state index contributed by atoms with van der Waals surface area (Å²) in [5.74, 6) is 0.633. The third kappa shape index (κ3) is 1.85. The topological polar surface area (TPSA) is 55.1 Å². The molecule has 2 rings (SSSR count). The molecule has 1 amide bonds. The number of nitrogens with one attached hydrogen (secondary N) is 1. The summed E-state index contributed by atoms with van der Waals surface area (Å²) in [5, 5.41) is 3.38. The van der Waals surface area contributed by atoms with Gasteiger partial charge in [-0.05, 0) is 31.6 Å². The van der Waals surface area contributed by atoms with Gasteiger partial charge in [0, 0.05) is 6.04 Å². The van der Waals surface area contributed by atoms with Crippen molar-refractivity contribution in [2.24, 2.45) is 11.7 Å². The van der Waals surface area contributed by atoms with Gasteiger partial charge in [-0.1, -0.05) is 12.8 Å². The van der Waals surface area contributed by atoms with Crippen LogP contribution in [0.25, 0.3) is 0 Å². The Hall–Kier alpha value is -0.570. The van der Waals surface area contributed by atoms with Crippen molar-refractivity contribution < 1.29 is 4.79 Å². The molecule has 0 aromatic heterocycles. The quantitative estimate of drug-likeness (QED) is 0.629. The van der Waals surface area contributed by atoms with Gasteiger partial charge in [0.25, 0.3) is 0 Å². The van der Waals surface area contributed by atoms with Crippen LogP contribution in [0.15, 0.2) is 0 Å². The van der Waals surface area contributed by atoms with Gasteiger partial charge in [-0.2, -0.15) is 0 Å². The van der Waals surface area contributed by atoms with Gasteiger partial charge in [0.05, 0.1) is 6.04 Å². The van der Waals surface area contributed by atoms with Gasteiger partial charge in [0.15, 0.2) is 0 Å². The molecule has 3 unspecified atom stereocenters. The molecule has 74 valence electrons. The maximum atomic E-state index is 11.0. The summed E-state index contributed by atoms with van der Waals surface area (Å²) in [7, 11) is 0. The number of primary amides is 1. The second-order valence-electron chi connectivity index (χ2n) is 4.35. The third-order valence-electron chi connectivity index (χ3n) is 3.49. The minimum Gasteiger partial charge on any atom is -0.368 e. The first-order chi connectivity index (χ1) is 6.27. The fraction of sp³-hybridized carbons (Fsp3) is 0.900. The molecule has 2 aliphatic rings. The molecule has 0 aromatic carbocycles. The summed E-state index contributed by atoms with van der Waals surface area (Å²) in [5.41, 5.74) is 5.29. The second kappa shape index (κ2) is 3.66. The molecule has 13 heavy (non-hydrogen) atoms. The van der Waals surface area contributed by atoms with E-state index in [9.17, 15) is 4.79 Å². The number of carbonyl (C=O) groups is 1. The van der Waals surface area contributed by atoms with Crippen LogP contribution in [-0.4, -0.2) is 18.0 Å². The highest BCUT2D eigenvalue weighted by molar-refractivity contribution is 5.79. The zero-order chi connectivity index (χ0) is 9.26. The lowest BCUT2D eigenvalue weighted by molar-refractivity contribution is -0.121. The molecule has 0 bridgehead atoms. The zero-order valence-electron chi connectivity index (χ0n) is 7.96. The third-order valence-corrected chi connectivity index (χ3v) is 3.49. The van der Waals surface area contributed by atoms with Gasteiger partial charge in [-0.3, -0.25) is 4.79 Å². The molecule has 1 aliphatic heterocycles. The van der Waals surface area contributed by atoms with Crippen molar-refractivity contribution in [3.05, 3.63) is 0 Å². The maximum absolute atomic E-state index is 11.0. The molecule has 3 heteroatoms. The van der Waals surface area contributed by atoms with E-state index in [2.05, 4.69) is 5.32 Å². The van der Waals surface area contributed by atoms with Crippen LogP contribution in [0, 0.1) is 5.92 Å². The Morgan fingerprint density at radius 1 is 1.15 bits per heavy atom. The molecule has 0 spiro atoms. The molecule has 3 nitrogen and oxygen atoms in total. The fourth-order valence-electron chi connectivity index (χ4n) is 2.72. The van der Waals surface area contributed by atoms with Gasteiger partial charge in [-0.15, -0.1) is 0 Å². The number of amides is 1. The van der Waals surface area contributed by atoms with Crippen molar-refractivity contribution in [2.45, 2.75) is 50.6 Å². The van der Waals surface area contributed by atoms with Crippen LogP contribution in [-0.2, 0) is 4.79 Å². The SMILES string of the molecule is NC(=O)C1CCC2CCCCC2N1. The zero-order valence-corrected chi connectivity index (χ0v) is 7.96. The largest absolute Gasteiger partial charge is 0.368 e. The van der Waals surface area contributed by atoms with Gasteiger partial charge >= 0.3 is 0 Å². The molecule has 0 aromatic rings. The van der Waals surface area contributed by atoms with Crippen molar-refractivity contribution in [1.29, 1.82) is 0 Å². The minimum absolute atomic E-state index is 0.0562. The number of carbonyl (C=O) groups excluding carboxylic acids is 1. The van der Waals surface area contributed by atoms with Crippen LogP contribution < -0.4 is 11.1 Å². The van der Waals surface area contributed by atoms with E-state index in [0.29, 0.717) is 6.04 Å². The number of fused-ring (bicyclic) bond motifs is 1. The van der Waals surface area contributed by atoms with Crippen molar-refractivity contribution in [3.8, 4) is 0 Å². The van der Waals surface area contributed by atoms with E-state index in [4.69, 9.17) is 5.73 Å². The lowest BCUT2D eigenvalue weighted by Gasteiger charge is -2.39. The van der Waals surface area contributed by atoms with Crippen LogP contribution >= 0.6 is 0 Å². The molecule has 0 radical (unpaired) electrons. The molecule has 2 fully saturated rings. The number of rotatable bonds is 1. The minimum atomic E-state index is -0.177. The van der Waals surface area contributed by atoms with Crippen molar-refractivity contribution >= 4 is 5.91 Å². The van der Waals surface area contributed by atoms with E-state index in [1.54, 1.807) is 0 Å². The number of hydrogen-bond donors (Lipinski definition) is 2. The molecule has 1 heterocycles. The highest BCUT2D eigenvalue weighted by Gasteiger charge is 2.33. The summed E-state index contributed by atoms with van der Waals surface area (Å²) >= 11 is 0. The standard InChI is InChI=1S/C10H18N2O/c11-10(13)9-6-5-7-3-1-2-4-8(7)12-9/h7-9,12H,1-6H2,(H2,11,13). The lowest BCUT2D eigenvalue weighted by atomic mass is 9.78. The van der Waals surface area contributed by atoms with Gasteiger partial charge < -0.3 is 11.1 Å². The molecular formula is C10H18N2O. The second-order valence-corrected chi connectivity index (χ2v) is 4.35. The molecule has 1 saturated heterocycles. The van der Waals surface area contributed by atoms with Crippen molar-refractivity contribution in [3.63, 3.8) is 0 Å². The number of hydrogen-bond acceptors (Lipinski definition) is 2. The van der Waals surface area contributed by atoms with E-state index < -0.39 is 0 Å². The Morgan fingerprint density at radius 3 is 2.69 bits per heavy atom. The van der Waals surface area contributed by atoms with E-state index >= 15 is 0 Å². The molecule has 1 aliphatic carbocycles. The fourth-order valence-corrected chi connectivity index (χ4v) is 2.72. The highest BCUT2D eigenvalue weighted by atomic mass is 16.1. The summed E-state index contributed by atoms with van der Waals surface area (Å²) in [6.07, 6.45) is 7.36. The van der Waals surface area contributed by atoms with Crippen LogP contribution in [0.5, 0.6) is 0 Å². The average molecular weight is 182 g/mol. The highest BCUT2D eigenvalue weighted by Crippen LogP contribution is 2.31. The monoisotopic (exact) mass is 182 g/mol. The van der Waals surface area contributed by atoms with Crippen LogP contribution in [0.4, 0.5) is 0 Å². The first-order valence-electron chi connectivity index (χ1n) is 5.33. The maximum Gasteiger partial charge on any atom is 0.234 e. The molecule has 3 atom stereocenters. The van der Waals surface area contributed by atoms with E-state index in [-0.39, 0.29) is 11.9 Å². The normalized spacial score (nSPS) is 39.5. The first kappa shape index (κ1) is 9.00. The Kier molecular flexibility index (Phi) is 2.54. The Labute approximate surface area is 79.1 Å². The first-order valence-corrected chi connectivity index (χ1v) is 5.33. The summed E-state index contributed by atoms with van der Waals surface area (Å²) in [4.78, 5) is 11.0. The Balaban J connectivity index is 1.95. The van der Waals surface area contributed by atoms with Crippen molar-refractivity contribution in [2.75, 3.05) is 0 Å². The van der Waals surface area contributed by atoms with Crippen LogP contribution in [0.2, 0.25) is 0 Å². The molecule has 1 saturated carbocycles. The lowest BCUT2D eigenvalue weighted by Crippen LogP contribution is -2.53. The molecular weight excluding hydrogens is 164 g/mol. The predicted molar refractivity (Wildman–Crippen MR) is 51.1 cm³/mol. The summed E-state index contributed by atoms with van der Waals surface area (Å²) in [6, 6.07) is 0.513. The molecule has 3 N–H and O–H groups in total. The summed E-state index contributed by atoms with van der Waals surface area (Å²) in [6.45, 7) is 0. The summed E-state index contributed by atoms with van der Waals surface area (Å²) < 4.78 is 0.